The minimum atomic E-state index is -4.71. The molecule has 4 nitrogen and oxygen atoms in total. The van der Waals surface area contributed by atoms with Crippen LogP contribution in [-0.2, 0) is 19.1 Å². The minimum absolute atomic E-state index is 0.305. The van der Waals surface area contributed by atoms with Crippen LogP contribution in [-0.4, -0.2) is 30.3 Å². The Balaban J connectivity index is 2.13. The largest absolute Gasteiger partial charge is 0.459 e. The highest BCUT2D eigenvalue weighted by Crippen LogP contribution is 2.44. The van der Waals surface area contributed by atoms with Crippen LogP contribution in [0.5, 0.6) is 0 Å². The van der Waals surface area contributed by atoms with E-state index in [2.05, 4.69) is 0 Å². The lowest BCUT2D eigenvalue weighted by atomic mass is 9.86. The average molecular weight is 294 g/mol. The molecule has 1 saturated carbocycles. The van der Waals surface area contributed by atoms with Crippen molar-refractivity contribution in [1.82, 2.24) is 0 Å². The van der Waals surface area contributed by atoms with E-state index in [0.717, 1.165) is 13.3 Å². The van der Waals surface area contributed by atoms with E-state index in [9.17, 15) is 22.8 Å². The molecule has 0 aromatic carbocycles. The van der Waals surface area contributed by atoms with Gasteiger partial charge >= 0.3 is 18.1 Å². The topological polar surface area (TPSA) is 52.6 Å². The van der Waals surface area contributed by atoms with Gasteiger partial charge in [0.05, 0.1) is 0 Å². The predicted molar refractivity (Wildman–Crippen MR) is 61.6 cm³/mol. The second kappa shape index (κ2) is 4.93. The molecular formula is C13H17F3O4. The van der Waals surface area contributed by atoms with Crippen molar-refractivity contribution in [3.63, 3.8) is 0 Å². The van der Waals surface area contributed by atoms with Gasteiger partial charge in [-0.05, 0) is 32.6 Å². The minimum Gasteiger partial charge on any atom is -0.459 e. The summed E-state index contributed by atoms with van der Waals surface area (Å²) in [6, 6.07) is 0. The molecule has 4 atom stereocenters. The van der Waals surface area contributed by atoms with Gasteiger partial charge in [-0.3, -0.25) is 4.79 Å². The van der Waals surface area contributed by atoms with E-state index in [4.69, 9.17) is 9.47 Å². The fraction of sp³-hybridized carbons (Fsp3) is 0.846. The molecule has 1 heterocycles. The van der Waals surface area contributed by atoms with Gasteiger partial charge in [0.1, 0.15) is 6.10 Å². The van der Waals surface area contributed by atoms with E-state index in [1.165, 1.54) is 6.92 Å². The van der Waals surface area contributed by atoms with Crippen molar-refractivity contribution in [2.75, 3.05) is 0 Å². The Morgan fingerprint density at radius 1 is 1.40 bits per heavy atom. The van der Waals surface area contributed by atoms with Crippen LogP contribution in [0.1, 0.15) is 39.5 Å². The zero-order chi connectivity index (χ0) is 15.1. The molecule has 0 N–H and O–H groups in total. The van der Waals surface area contributed by atoms with E-state index < -0.39 is 36.1 Å². The van der Waals surface area contributed by atoms with Crippen LogP contribution in [0.2, 0.25) is 0 Å². The van der Waals surface area contributed by atoms with Crippen LogP contribution >= 0.6 is 0 Å². The molecule has 0 spiro atoms. The highest BCUT2D eigenvalue weighted by molar-refractivity contribution is 5.84. The third-order valence-corrected chi connectivity index (χ3v) is 4.41. The van der Waals surface area contributed by atoms with Gasteiger partial charge in [0.15, 0.2) is 5.41 Å². The van der Waals surface area contributed by atoms with Gasteiger partial charge < -0.3 is 9.47 Å². The van der Waals surface area contributed by atoms with Crippen LogP contribution in [0.4, 0.5) is 13.2 Å². The van der Waals surface area contributed by atoms with Crippen molar-refractivity contribution in [2.45, 2.75) is 57.9 Å². The Morgan fingerprint density at radius 3 is 2.60 bits per heavy atom. The average Bonchev–Trinajstić information content (AvgIpc) is 2.90. The second-order valence-electron chi connectivity index (χ2n) is 5.58. The molecule has 114 valence electrons. The maximum Gasteiger partial charge on any atom is 0.404 e. The van der Waals surface area contributed by atoms with Crippen molar-refractivity contribution >= 4 is 11.9 Å². The SMILES string of the molecule is CCC(C)(C(=O)OC1C(=O)OC2CCCC21)C(F)(F)F. The molecule has 4 unspecified atom stereocenters. The van der Waals surface area contributed by atoms with Crippen LogP contribution in [0, 0.1) is 11.3 Å². The Bertz CT molecular complexity index is 420. The quantitative estimate of drug-likeness (QED) is 0.751. The zero-order valence-electron chi connectivity index (χ0n) is 11.3. The third kappa shape index (κ3) is 2.27. The van der Waals surface area contributed by atoms with Gasteiger partial charge in [0.25, 0.3) is 0 Å². The van der Waals surface area contributed by atoms with Crippen molar-refractivity contribution in [3.8, 4) is 0 Å². The molecule has 1 aliphatic carbocycles. The summed E-state index contributed by atoms with van der Waals surface area (Å²) in [4.78, 5) is 23.5. The highest BCUT2D eigenvalue weighted by Gasteiger charge is 2.59. The number of fused-ring (bicyclic) bond motifs is 1. The molecule has 0 aromatic rings. The summed E-state index contributed by atoms with van der Waals surface area (Å²) < 4.78 is 48.9. The smallest absolute Gasteiger partial charge is 0.404 e. The first-order chi connectivity index (χ1) is 9.20. The molecule has 20 heavy (non-hydrogen) atoms. The normalized spacial score (nSPS) is 32.5. The van der Waals surface area contributed by atoms with Gasteiger partial charge in [-0.15, -0.1) is 0 Å². The van der Waals surface area contributed by atoms with Gasteiger partial charge in [0, 0.05) is 5.92 Å². The summed E-state index contributed by atoms with van der Waals surface area (Å²) in [6.45, 7) is 2.06. The number of alkyl halides is 3. The molecule has 0 aromatic heterocycles. The summed E-state index contributed by atoms with van der Waals surface area (Å²) in [5.41, 5.74) is -2.59. The van der Waals surface area contributed by atoms with Crippen molar-refractivity contribution in [1.29, 1.82) is 0 Å². The van der Waals surface area contributed by atoms with Gasteiger partial charge in [-0.1, -0.05) is 6.92 Å². The van der Waals surface area contributed by atoms with Crippen LogP contribution in [0.25, 0.3) is 0 Å². The number of ether oxygens (including phenoxy) is 2. The lowest BCUT2D eigenvalue weighted by molar-refractivity contribution is -0.234. The van der Waals surface area contributed by atoms with Crippen molar-refractivity contribution in [2.24, 2.45) is 11.3 Å². The number of hydrogen-bond acceptors (Lipinski definition) is 4. The molecule has 0 amide bonds. The lowest BCUT2D eigenvalue weighted by Gasteiger charge is -2.29. The first-order valence-corrected chi connectivity index (χ1v) is 6.69. The molecule has 7 heteroatoms. The Hall–Kier alpha value is -1.27. The molecule has 2 fully saturated rings. The Morgan fingerprint density at radius 2 is 2.05 bits per heavy atom. The number of hydrogen-bond donors (Lipinski definition) is 0. The molecule has 1 aliphatic heterocycles. The summed E-state index contributed by atoms with van der Waals surface area (Å²) in [7, 11) is 0. The maximum atomic E-state index is 13.0. The first-order valence-electron chi connectivity index (χ1n) is 6.69. The fourth-order valence-corrected chi connectivity index (χ4v) is 2.68. The van der Waals surface area contributed by atoms with E-state index in [0.29, 0.717) is 12.8 Å². The van der Waals surface area contributed by atoms with Gasteiger partial charge in [-0.25, -0.2) is 4.79 Å². The summed E-state index contributed by atoms with van der Waals surface area (Å²) >= 11 is 0. The summed E-state index contributed by atoms with van der Waals surface area (Å²) in [6.07, 6.45) is -4.54. The molecule has 1 saturated heterocycles. The van der Waals surface area contributed by atoms with Crippen molar-refractivity contribution < 1.29 is 32.2 Å². The zero-order valence-corrected chi connectivity index (χ0v) is 11.3. The van der Waals surface area contributed by atoms with Crippen LogP contribution < -0.4 is 0 Å². The summed E-state index contributed by atoms with van der Waals surface area (Å²) in [5, 5.41) is 0. The second-order valence-corrected chi connectivity index (χ2v) is 5.58. The lowest BCUT2D eigenvalue weighted by Crippen LogP contribution is -2.45. The van der Waals surface area contributed by atoms with Crippen LogP contribution in [0.15, 0.2) is 0 Å². The van der Waals surface area contributed by atoms with Gasteiger partial charge in [-0.2, -0.15) is 13.2 Å². The number of carbonyl (C=O) groups excluding carboxylic acids is 2. The molecular weight excluding hydrogens is 277 g/mol. The molecule has 2 aliphatic rings. The fourth-order valence-electron chi connectivity index (χ4n) is 2.68. The van der Waals surface area contributed by atoms with Crippen LogP contribution in [0.3, 0.4) is 0 Å². The summed E-state index contributed by atoms with van der Waals surface area (Å²) in [5.74, 6) is -2.43. The van der Waals surface area contributed by atoms with E-state index in [-0.39, 0.29) is 12.0 Å². The predicted octanol–water partition coefficient (Wildman–Crippen LogP) is 2.60. The molecule has 2 rings (SSSR count). The standard InChI is InChI=1S/C13H17F3O4/c1-3-12(2,13(14,15)16)11(18)20-9-7-5-4-6-8(7)19-10(9)17/h7-9H,3-6H2,1-2H3. The number of esters is 2. The number of halogens is 3. The maximum absolute atomic E-state index is 13.0. The monoisotopic (exact) mass is 294 g/mol. The Kier molecular flexibility index (Phi) is 3.73. The van der Waals surface area contributed by atoms with E-state index in [1.807, 2.05) is 0 Å². The number of carbonyl (C=O) groups is 2. The first kappa shape index (κ1) is 15.1. The number of rotatable bonds is 3. The van der Waals surface area contributed by atoms with E-state index in [1.54, 1.807) is 0 Å². The molecule has 0 bridgehead atoms. The van der Waals surface area contributed by atoms with Crippen molar-refractivity contribution in [3.05, 3.63) is 0 Å². The highest BCUT2D eigenvalue weighted by atomic mass is 19.4. The Labute approximate surface area is 114 Å². The van der Waals surface area contributed by atoms with Gasteiger partial charge in [0.2, 0.25) is 6.10 Å². The third-order valence-electron chi connectivity index (χ3n) is 4.41. The molecule has 0 radical (unpaired) electrons. The van der Waals surface area contributed by atoms with E-state index >= 15 is 0 Å².